The predicted molar refractivity (Wildman–Crippen MR) is 63.2 cm³/mol. The summed E-state index contributed by atoms with van der Waals surface area (Å²) in [5, 5.41) is 8.43. The Bertz CT molecular complexity index is 443. The molecule has 0 heterocycles. The van der Waals surface area contributed by atoms with E-state index in [1.807, 2.05) is 0 Å². The van der Waals surface area contributed by atoms with E-state index in [9.17, 15) is 18.0 Å². The maximum absolute atomic E-state index is 12.4. The van der Waals surface area contributed by atoms with Crippen LogP contribution in [0.2, 0.25) is 0 Å². The molecular formula is C10H7F3O2S2. The molecule has 92 valence electrons. The number of halogens is 3. The number of aliphatic carboxylic acids is 1. The van der Waals surface area contributed by atoms with Gasteiger partial charge in [-0.2, -0.15) is 13.2 Å². The van der Waals surface area contributed by atoms with Gasteiger partial charge in [-0.3, -0.25) is 4.79 Å². The van der Waals surface area contributed by atoms with Gasteiger partial charge in [0.05, 0.1) is 15.5 Å². The molecule has 1 rings (SSSR count). The molecule has 0 saturated carbocycles. The molecule has 1 aromatic carbocycles. The van der Waals surface area contributed by atoms with Crippen molar-refractivity contribution in [2.24, 2.45) is 0 Å². The summed E-state index contributed by atoms with van der Waals surface area (Å²) in [6.07, 6.45) is -4.43. The lowest BCUT2D eigenvalue weighted by Crippen LogP contribution is -2.07. The maximum atomic E-state index is 12.4. The van der Waals surface area contributed by atoms with Crippen molar-refractivity contribution < 1.29 is 23.1 Å². The summed E-state index contributed by atoms with van der Waals surface area (Å²) in [7, 11) is 0. The van der Waals surface area contributed by atoms with Crippen LogP contribution in [0.15, 0.2) is 24.3 Å². The van der Waals surface area contributed by atoms with Gasteiger partial charge in [0, 0.05) is 0 Å². The lowest BCUT2D eigenvalue weighted by atomic mass is 10.1. The van der Waals surface area contributed by atoms with Crippen molar-refractivity contribution in [3.63, 3.8) is 0 Å². The summed E-state index contributed by atoms with van der Waals surface area (Å²) in [6, 6.07) is 4.52. The summed E-state index contributed by atoms with van der Waals surface area (Å²) in [5.41, 5.74) is -0.589. The van der Waals surface area contributed by atoms with Crippen LogP contribution in [0.5, 0.6) is 0 Å². The highest BCUT2D eigenvalue weighted by Crippen LogP contribution is 2.30. The first kappa shape index (κ1) is 14.0. The molecule has 1 aromatic rings. The number of hydrogen-bond donors (Lipinski definition) is 1. The number of thioether (sulfide) groups is 1. The van der Waals surface area contributed by atoms with Gasteiger partial charge in [-0.15, -0.1) is 11.8 Å². The number of hydrogen-bond acceptors (Lipinski definition) is 3. The summed E-state index contributed by atoms with van der Waals surface area (Å²) in [4.78, 5) is 10.3. The summed E-state index contributed by atoms with van der Waals surface area (Å²) in [5.74, 6) is -1.33. The van der Waals surface area contributed by atoms with E-state index in [-0.39, 0.29) is 15.5 Å². The molecule has 0 saturated heterocycles. The Morgan fingerprint density at radius 3 is 2.59 bits per heavy atom. The SMILES string of the molecule is O=C(O)CSC(=S)c1cccc(C(F)(F)F)c1. The summed E-state index contributed by atoms with van der Waals surface area (Å²) >= 11 is 5.68. The molecule has 1 N–H and O–H groups in total. The largest absolute Gasteiger partial charge is 0.481 e. The van der Waals surface area contributed by atoms with Crippen molar-refractivity contribution in [1.82, 2.24) is 0 Å². The van der Waals surface area contributed by atoms with Gasteiger partial charge in [0.1, 0.15) is 0 Å². The third-order valence-electron chi connectivity index (χ3n) is 1.75. The minimum Gasteiger partial charge on any atom is -0.481 e. The molecule has 17 heavy (non-hydrogen) atoms. The van der Waals surface area contributed by atoms with Gasteiger partial charge in [-0.1, -0.05) is 24.4 Å². The van der Waals surface area contributed by atoms with Crippen LogP contribution >= 0.6 is 24.0 Å². The first-order valence-corrected chi connectivity index (χ1v) is 5.76. The molecule has 2 nitrogen and oxygen atoms in total. The molecule has 0 spiro atoms. The molecular weight excluding hydrogens is 273 g/mol. The fourth-order valence-corrected chi connectivity index (χ4v) is 1.89. The number of carboxylic acids is 1. The van der Waals surface area contributed by atoms with Crippen LogP contribution in [0, 0.1) is 0 Å². The van der Waals surface area contributed by atoms with Crippen molar-refractivity contribution in [3.8, 4) is 0 Å². The predicted octanol–water partition coefficient (Wildman–Crippen LogP) is 3.20. The number of rotatable bonds is 3. The van der Waals surface area contributed by atoms with E-state index in [1.54, 1.807) is 0 Å². The van der Waals surface area contributed by atoms with E-state index >= 15 is 0 Å². The second kappa shape index (κ2) is 5.50. The van der Waals surface area contributed by atoms with E-state index < -0.39 is 17.7 Å². The van der Waals surface area contributed by atoms with Gasteiger partial charge in [0.25, 0.3) is 0 Å². The van der Waals surface area contributed by atoms with Gasteiger partial charge in [-0.25, -0.2) is 0 Å². The minimum atomic E-state index is -4.43. The minimum absolute atomic E-state index is 0.138. The van der Waals surface area contributed by atoms with Crippen molar-refractivity contribution in [1.29, 1.82) is 0 Å². The molecule has 0 amide bonds. The molecule has 0 atom stereocenters. The lowest BCUT2D eigenvalue weighted by Gasteiger charge is -2.08. The monoisotopic (exact) mass is 280 g/mol. The average molecular weight is 280 g/mol. The van der Waals surface area contributed by atoms with Crippen molar-refractivity contribution in [2.75, 3.05) is 5.75 Å². The zero-order valence-corrected chi connectivity index (χ0v) is 9.96. The molecule has 0 bridgehead atoms. The Morgan fingerprint density at radius 2 is 2.06 bits per heavy atom. The van der Waals surface area contributed by atoms with E-state index in [0.717, 1.165) is 23.9 Å². The van der Waals surface area contributed by atoms with Crippen LogP contribution < -0.4 is 0 Å². The second-order valence-electron chi connectivity index (χ2n) is 3.05. The van der Waals surface area contributed by atoms with Gasteiger partial charge in [0.2, 0.25) is 0 Å². The first-order chi connectivity index (χ1) is 7.80. The third kappa shape index (κ3) is 4.35. The van der Waals surface area contributed by atoms with Crippen molar-refractivity contribution in [3.05, 3.63) is 35.4 Å². The lowest BCUT2D eigenvalue weighted by molar-refractivity contribution is -0.137. The zero-order chi connectivity index (χ0) is 13.1. The Kier molecular flexibility index (Phi) is 4.53. The van der Waals surface area contributed by atoms with Crippen LogP contribution in [0.3, 0.4) is 0 Å². The quantitative estimate of drug-likeness (QED) is 0.863. The molecule has 0 aliphatic carbocycles. The summed E-state index contributed by atoms with van der Waals surface area (Å²) in [6.45, 7) is 0. The van der Waals surface area contributed by atoms with Crippen LogP contribution in [-0.4, -0.2) is 21.0 Å². The third-order valence-corrected chi connectivity index (χ3v) is 3.23. The van der Waals surface area contributed by atoms with Crippen LogP contribution in [0.1, 0.15) is 11.1 Å². The molecule has 0 fully saturated rings. The number of benzene rings is 1. The number of alkyl halides is 3. The first-order valence-electron chi connectivity index (χ1n) is 4.37. The highest BCUT2D eigenvalue weighted by Gasteiger charge is 2.30. The van der Waals surface area contributed by atoms with Crippen LogP contribution in [-0.2, 0) is 11.0 Å². The van der Waals surface area contributed by atoms with Crippen molar-refractivity contribution >= 4 is 34.1 Å². The standard InChI is InChI=1S/C10H7F3O2S2/c11-10(12,13)7-3-1-2-6(4-7)9(16)17-5-8(14)15/h1-4H,5H2,(H,14,15). The molecule has 0 aliphatic rings. The molecule has 0 radical (unpaired) electrons. The van der Waals surface area contributed by atoms with Gasteiger partial charge in [-0.05, 0) is 17.7 Å². The Balaban J connectivity index is 2.85. The van der Waals surface area contributed by atoms with E-state index in [4.69, 9.17) is 17.3 Å². The topological polar surface area (TPSA) is 37.3 Å². The van der Waals surface area contributed by atoms with Crippen LogP contribution in [0.4, 0.5) is 13.2 Å². The Morgan fingerprint density at radius 1 is 1.41 bits per heavy atom. The van der Waals surface area contributed by atoms with Gasteiger partial charge >= 0.3 is 12.1 Å². The number of carboxylic acid groups (broad SMARTS) is 1. The van der Waals surface area contributed by atoms with E-state index in [0.29, 0.717) is 0 Å². The van der Waals surface area contributed by atoms with E-state index in [1.165, 1.54) is 12.1 Å². The zero-order valence-electron chi connectivity index (χ0n) is 8.32. The molecule has 0 aromatic heterocycles. The number of carbonyl (C=O) groups is 1. The number of thiocarbonyl (C=S) groups is 1. The molecule has 0 unspecified atom stereocenters. The highest BCUT2D eigenvalue weighted by molar-refractivity contribution is 8.24. The Labute approximate surface area is 105 Å². The fourth-order valence-electron chi connectivity index (χ4n) is 1.03. The van der Waals surface area contributed by atoms with E-state index in [2.05, 4.69) is 0 Å². The summed E-state index contributed by atoms with van der Waals surface area (Å²) < 4.78 is 37.3. The fraction of sp³-hybridized carbons (Fsp3) is 0.200. The van der Waals surface area contributed by atoms with Gasteiger partial charge < -0.3 is 5.11 Å². The Hall–Kier alpha value is -1.08. The van der Waals surface area contributed by atoms with Crippen molar-refractivity contribution in [2.45, 2.75) is 6.18 Å². The smallest absolute Gasteiger partial charge is 0.416 e. The maximum Gasteiger partial charge on any atom is 0.416 e. The van der Waals surface area contributed by atoms with Gasteiger partial charge in [0.15, 0.2) is 0 Å². The highest BCUT2D eigenvalue weighted by atomic mass is 32.2. The molecule has 0 aliphatic heterocycles. The normalized spacial score (nSPS) is 11.2. The average Bonchev–Trinajstić information content (AvgIpc) is 2.25. The molecule has 7 heteroatoms. The van der Waals surface area contributed by atoms with Crippen LogP contribution in [0.25, 0.3) is 0 Å². The second-order valence-corrected chi connectivity index (χ2v) is 4.70.